The average molecular weight is 316 g/mol. The van der Waals surface area contributed by atoms with Crippen LogP contribution < -0.4 is 9.47 Å². The van der Waals surface area contributed by atoms with Gasteiger partial charge in [0, 0.05) is 27.2 Å². The molecule has 0 heterocycles. The van der Waals surface area contributed by atoms with E-state index >= 15 is 0 Å². The topological polar surface area (TPSA) is 76.2 Å². The molecule has 118 valence electrons. The molecule has 0 aliphatic carbocycles. The lowest BCUT2D eigenvalue weighted by atomic mass is 10.3. The Balaban J connectivity index is 3.10. The number of carbonyl (C=O) groups excluding carboxylic acids is 1. The van der Waals surface area contributed by atoms with Gasteiger partial charge in [-0.25, -0.2) is 8.42 Å². The number of ether oxygens (including phenoxy) is 2. The van der Waals surface area contributed by atoms with Crippen molar-refractivity contribution < 1.29 is 22.7 Å². The first-order valence-corrected chi connectivity index (χ1v) is 7.56. The predicted octanol–water partition coefficient (Wildman–Crippen LogP) is 0.413. The highest BCUT2D eigenvalue weighted by Crippen LogP contribution is 2.30. The number of hydrogen-bond donors (Lipinski definition) is 0. The first-order chi connectivity index (χ1) is 9.73. The molecule has 0 saturated carbocycles. The fourth-order valence-electron chi connectivity index (χ4n) is 1.57. The quantitative estimate of drug-likeness (QED) is 0.760. The van der Waals surface area contributed by atoms with E-state index in [4.69, 9.17) is 9.47 Å². The van der Waals surface area contributed by atoms with Crippen LogP contribution in [0.2, 0.25) is 0 Å². The second kappa shape index (κ2) is 6.77. The Bertz CT molecular complexity index is 613. The molecule has 7 nitrogen and oxygen atoms in total. The molecule has 1 aromatic carbocycles. The lowest BCUT2D eigenvalue weighted by Crippen LogP contribution is -2.37. The maximum atomic E-state index is 12.4. The van der Waals surface area contributed by atoms with E-state index < -0.39 is 10.0 Å². The standard InChI is InChI=1S/C13H20N2O5S/c1-14(2)13(16)9-15(3)21(17,18)10-6-7-11(19-4)12(8-10)20-5/h6-8H,9H2,1-5H3. The second-order valence-electron chi connectivity index (χ2n) is 4.57. The Morgan fingerprint density at radius 2 is 1.67 bits per heavy atom. The fraction of sp³-hybridized carbons (Fsp3) is 0.462. The van der Waals surface area contributed by atoms with Crippen LogP contribution in [-0.2, 0) is 14.8 Å². The summed E-state index contributed by atoms with van der Waals surface area (Å²) in [7, 11) is 3.61. The van der Waals surface area contributed by atoms with Crippen LogP contribution in [0.4, 0.5) is 0 Å². The summed E-state index contributed by atoms with van der Waals surface area (Å²) in [5.41, 5.74) is 0. The third kappa shape index (κ3) is 3.85. The summed E-state index contributed by atoms with van der Waals surface area (Å²) in [6.45, 7) is -0.232. The molecule has 1 aromatic rings. The molecule has 0 aliphatic rings. The van der Waals surface area contributed by atoms with Gasteiger partial charge in [0.05, 0.1) is 25.7 Å². The van der Waals surface area contributed by atoms with Crippen LogP contribution in [0.25, 0.3) is 0 Å². The summed E-state index contributed by atoms with van der Waals surface area (Å²) in [5.74, 6) is 0.441. The minimum atomic E-state index is -3.77. The van der Waals surface area contributed by atoms with Gasteiger partial charge in [0.15, 0.2) is 11.5 Å². The monoisotopic (exact) mass is 316 g/mol. The van der Waals surface area contributed by atoms with Crippen molar-refractivity contribution in [2.24, 2.45) is 0 Å². The van der Waals surface area contributed by atoms with E-state index in [-0.39, 0.29) is 17.3 Å². The molecule has 0 N–H and O–H groups in total. The normalized spacial score (nSPS) is 11.3. The first-order valence-electron chi connectivity index (χ1n) is 6.12. The number of sulfonamides is 1. The number of likely N-dealkylation sites (N-methyl/N-ethyl adjacent to an activating group) is 2. The Hall–Kier alpha value is -1.80. The third-order valence-electron chi connectivity index (χ3n) is 2.92. The van der Waals surface area contributed by atoms with Crippen LogP contribution in [0.5, 0.6) is 11.5 Å². The molecule has 0 spiro atoms. The molecule has 0 radical (unpaired) electrons. The molecule has 21 heavy (non-hydrogen) atoms. The number of methoxy groups -OCH3 is 2. The van der Waals surface area contributed by atoms with Gasteiger partial charge in [-0.3, -0.25) is 4.79 Å². The number of benzene rings is 1. The zero-order chi connectivity index (χ0) is 16.2. The number of rotatable bonds is 6. The molecule has 0 bridgehead atoms. The number of nitrogens with zero attached hydrogens (tertiary/aromatic N) is 2. The van der Waals surface area contributed by atoms with Crippen molar-refractivity contribution >= 4 is 15.9 Å². The van der Waals surface area contributed by atoms with Gasteiger partial charge in [-0.05, 0) is 12.1 Å². The minimum absolute atomic E-state index is 0.0363. The van der Waals surface area contributed by atoms with E-state index in [1.54, 1.807) is 14.1 Å². The van der Waals surface area contributed by atoms with Gasteiger partial charge in [0.1, 0.15) is 0 Å². The number of amides is 1. The zero-order valence-electron chi connectivity index (χ0n) is 12.8. The average Bonchev–Trinajstić information content (AvgIpc) is 2.45. The number of hydrogen-bond acceptors (Lipinski definition) is 5. The first kappa shape index (κ1) is 17.3. The molecule has 8 heteroatoms. The van der Waals surface area contributed by atoms with E-state index in [1.807, 2.05) is 0 Å². The van der Waals surface area contributed by atoms with Gasteiger partial charge in [0.2, 0.25) is 15.9 Å². The second-order valence-corrected chi connectivity index (χ2v) is 6.61. The van der Waals surface area contributed by atoms with Crippen LogP contribution >= 0.6 is 0 Å². The molecule has 0 saturated heterocycles. The van der Waals surface area contributed by atoms with Crippen molar-refractivity contribution in [1.29, 1.82) is 0 Å². The predicted molar refractivity (Wildman–Crippen MR) is 78.1 cm³/mol. The minimum Gasteiger partial charge on any atom is -0.493 e. The van der Waals surface area contributed by atoms with Crippen LogP contribution in [0.3, 0.4) is 0 Å². The third-order valence-corrected chi connectivity index (χ3v) is 4.72. The van der Waals surface area contributed by atoms with Gasteiger partial charge >= 0.3 is 0 Å². The molecule has 0 fully saturated rings. The Morgan fingerprint density at radius 1 is 1.10 bits per heavy atom. The van der Waals surface area contributed by atoms with Crippen molar-refractivity contribution in [3.8, 4) is 11.5 Å². The molecular formula is C13H20N2O5S. The zero-order valence-corrected chi connectivity index (χ0v) is 13.6. The summed E-state index contributed by atoms with van der Waals surface area (Å²) in [4.78, 5) is 13.0. The van der Waals surface area contributed by atoms with Crippen molar-refractivity contribution in [2.75, 3.05) is 41.9 Å². The lowest BCUT2D eigenvalue weighted by molar-refractivity contribution is -0.128. The molecule has 1 rings (SSSR count). The SMILES string of the molecule is COc1ccc(S(=O)(=O)N(C)CC(=O)N(C)C)cc1OC. The van der Waals surface area contributed by atoms with Crippen molar-refractivity contribution in [1.82, 2.24) is 9.21 Å². The smallest absolute Gasteiger partial charge is 0.243 e. The Kier molecular flexibility index (Phi) is 5.56. The van der Waals surface area contributed by atoms with Crippen LogP contribution in [0.1, 0.15) is 0 Å². The lowest BCUT2D eigenvalue weighted by Gasteiger charge is -2.19. The number of carbonyl (C=O) groups is 1. The molecule has 1 amide bonds. The molecular weight excluding hydrogens is 296 g/mol. The van der Waals surface area contributed by atoms with Gasteiger partial charge < -0.3 is 14.4 Å². The highest BCUT2D eigenvalue weighted by molar-refractivity contribution is 7.89. The molecule has 0 aliphatic heterocycles. The van der Waals surface area contributed by atoms with Crippen LogP contribution in [0.15, 0.2) is 23.1 Å². The van der Waals surface area contributed by atoms with Crippen molar-refractivity contribution in [3.63, 3.8) is 0 Å². The van der Waals surface area contributed by atoms with Crippen LogP contribution in [-0.4, -0.2) is 65.4 Å². The fourth-order valence-corrected chi connectivity index (χ4v) is 2.71. The maximum Gasteiger partial charge on any atom is 0.243 e. The Morgan fingerprint density at radius 3 is 2.14 bits per heavy atom. The van der Waals surface area contributed by atoms with Crippen LogP contribution in [0, 0.1) is 0 Å². The van der Waals surface area contributed by atoms with E-state index in [0.717, 1.165) is 4.31 Å². The van der Waals surface area contributed by atoms with Gasteiger partial charge in [-0.2, -0.15) is 4.31 Å². The van der Waals surface area contributed by atoms with Gasteiger partial charge in [0.25, 0.3) is 0 Å². The van der Waals surface area contributed by atoms with Gasteiger partial charge in [-0.15, -0.1) is 0 Å². The molecule has 0 unspecified atom stereocenters. The van der Waals surface area contributed by atoms with E-state index in [1.165, 1.54) is 44.4 Å². The molecule has 0 atom stereocenters. The van der Waals surface area contributed by atoms with E-state index in [0.29, 0.717) is 11.5 Å². The highest BCUT2D eigenvalue weighted by atomic mass is 32.2. The summed E-state index contributed by atoms with van der Waals surface area (Å²) < 4.78 is 36.0. The van der Waals surface area contributed by atoms with Crippen molar-refractivity contribution in [2.45, 2.75) is 4.90 Å². The summed E-state index contributed by atoms with van der Waals surface area (Å²) in [5, 5.41) is 0. The van der Waals surface area contributed by atoms with E-state index in [9.17, 15) is 13.2 Å². The van der Waals surface area contributed by atoms with Gasteiger partial charge in [-0.1, -0.05) is 0 Å². The van der Waals surface area contributed by atoms with E-state index in [2.05, 4.69) is 0 Å². The highest BCUT2D eigenvalue weighted by Gasteiger charge is 2.24. The Labute approximate surface area is 125 Å². The summed E-state index contributed by atoms with van der Waals surface area (Å²) in [6.07, 6.45) is 0. The maximum absolute atomic E-state index is 12.4. The summed E-state index contributed by atoms with van der Waals surface area (Å²) in [6, 6.07) is 4.28. The van der Waals surface area contributed by atoms with Crippen molar-refractivity contribution in [3.05, 3.63) is 18.2 Å². The summed E-state index contributed by atoms with van der Waals surface area (Å²) >= 11 is 0. The largest absolute Gasteiger partial charge is 0.493 e. The molecule has 0 aromatic heterocycles.